The van der Waals surface area contributed by atoms with Gasteiger partial charge in [0.2, 0.25) is 0 Å². The predicted octanol–water partition coefficient (Wildman–Crippen LogP) is 1.78. The van der Waals surface area contributed by atoms with Crippen molar-refractivity contribution in [1.29, 1.82) is 0 Å². The normalized spacial score (nSPS) is 21.9. The second-order valence-corrected chi connectivity index (χ2v) is 3.61. The molecule has 0 aliphatic carbocycles. The van der Waals surface area contributed by atoms with E-state index in [2.05, 4.69) is 6.58 Å². The van der Waals surface area contributed by atoms with E-state index in [1.165, 1.54) is 5.56 Å². The highest BCUT2D eigenvalue weighted by Gasteiger charge is 2.23. The van der Waals surface area contributed by atoms with Gasteiger partial charge in [-0.2, -0.15) is 0 Å². The average molecular weight is 190 g/mol. The van der Waals surface area contributed by atoms with Gasteiger partial charge >= 0.3 is 0 Å². The van der Waals surface area contributed by atoms with Crippen molar-refractivity contribution >= 4 is 0 Å². The van der Waals surface area contributed by atoms with Gasteiger partial charge in [0, 0.05) is 5.92 Å². The minimum atomic E-state index is -0.469. The molecule has 2 unspecified atom stereocenters. The summed E-state index contributed by atoms with van der Waals surface area (Å²) in [6, 6.07) is 7.96. The maximum Gasteiger partial charge on any atom is 0.122 e. The highest BCUT2D eigenvalue weighted by atomic mass is 16.5. The van der Waals surface area contributed by atoms with Crippen molar-refractivity contribution in [3.63, 3.8) is 0 Å². The molecule has 0 amide bonds. The van der Waals surface area contributed by atoms with Crippen LogP contribution in [0.2, 0.25) is 0 Å². The van der Waals surface area contributed by atoms with Crippen LogP contribution in [-0.4, -0.2) is 17.8 Å². The summed E-state index contributed by atoms with van der Waals surface area (Å²) in [5.41, 5.74) is 1.17. The molecule has 1 aliphatic rings. The molecular formula is C12H14O2. The first-order valence-electron chi connectivity index (χ1n) is 4.82. The minimum Gasteiger partial charge on any atom is -0.493 e. The zero-order valence-corrected chi connectivity index (χ0v) is 8.02. The van der Waals surface area contributed by atoms with Gasteiger partial charge in [-0.1, -0.05) is 24.3 Å². The molecule has 1 N–H and O–H groups in total. The van der Waals surface area contributed by atoms with Crippen LogP contribution in [-0.2, 0) is 6.42 Å². The molecule has 0 saturated heterocycles. The zero-order valence-electron chi connectivity index (χ0n) is 8.02. The van der Waals surface area contributed by atoms with E-state index in [0.717, 1.165) is 12.2 Å². The molecule has 1 aromatic rings. The van der Waals surface area contributed by atoms with Crippen molar-refractivity contribution < 1.29 is 9.84 Å². The van der Waals surface area contributed by atoms with Crippen LogP contribution in [0, 0.1) is 5.92 Å². The first-order valence-corrected chi connectivity index (χ1v) is 4.82. The number of aliphatic hydroxyl groups excluding tert-OH is 1. The smallest absolute Gasteiger partial charge is 0.122 e. The molecule has 0 fully saturated rings. The number of ether oxygens (including phenoxy) is 1. The van der Waals surface area contributed by atoms with Crippen molar-refractivity contribution in [2.24, 2.45) is 5.92 Å². The molecule has 0 radical (unpaired) electrons. The molecule has 1 aliphatic heterocycles. The van der Waals surface area contributed by atoms with E-state index in [9.17, 15) is 5.11 Å². The molecule has 2 atom stereocenters. The third-order valence-electron chi connectivity index (χ3n) is 2.63. The molecule has 2 heteroatoms. The van der Waals surface area contributed by atoms with Crippen LogP contribution in [0.25, 0.3) is 0 Å². The highest BCUT2D eigenvalue weighted by molar-refractivity contribution is 5.35. The van der Waals surface area contributed by atoms with E-state index < -0.39 is 6.10 Å². The Labute approximate surface area is 83.8 Å². The van der Waals surface area contributed by atoms with Gasteiger partial charge in [-0.15, -0.1) is 6.58 Å². The number of para-hydroxylation sites is 1. The highest BCUT2D eigenvalue weighted by Crippen LogP contribution is 2.28. The van der Waals surface area contributed by atoms with Crippen LogP contribution in [0.15, 0.2) is 36.9 Å². The van der Waals surface area contributed by atoms with Crippen molar-refractivity contribution in [1.82, 2.24) is 0 Å². The topological polar surface area (TPSA) is 29.5 Å². The molecule has 14 heavy (non-hydrogen) atoms. The van der Waals surface area contributed by atoms with Crippen molar-refractivity contribution in [3.8, 4) is 5.75 Å². The third-order valence-corrected chi connectivity index (χ3v) is 2.63. The molecular weight excluding hydrogens is 176 g/mol. The van der Waals surface area contributed by atoms with Crippen LogP contribution in [0.4, 0.5) is 0 Å². The summed E-state index contributed by atoms with van der Waals surface area (Å²) >= 11 is 0. The standard InChI is InChI=1S/C12H14O2/c1-2-11(13)10-7-9-5-3-4-6-12(9)14-8-10/h2-6,10-11,13H,1,7-8H2. The Bertz CT molecular complexity index is 333. The lowest BCUT2D eigenvalue weighted by Crippen LogP contribution is -2.30. The molecule has 74 valence electrons. The third kappa shape index (κ3) is 1.66. The van der Waals surface area contributed by atoms with E-state index in [-0.39, 0.29) is 5.92 Å². The minimum absolute atomic E-state index is 0.141. The number of aliphatic hydroxyl groups is 1. The number of hydrogen-bond donors (Lipinski definition) is 1. The second kappa shape index (κ2) is 3.84. The van der Waals surface area contributed by atoms with E-state index in [1.807, 2.05) is 24.3 Å². The Hall–Kier alpha value is -1.28. The summed E-state index contributed by atoms with van der Waals surface area (Å²) in [5.74, 6) is 1.09. The van der Waals surface area contributed by atoms with Crippen LogP contribution in [0.3, 0.4) is 0 Å². The fraction of sp³-hybridized carbons (Fsp3) is 0.333. The first-order chi connectivity index (χ1) is 6.81. The lowest BCUT2D eigenvalue weighted by atomic mass is 9.92. The summed E-state index contributed by atoms with van der Waals surface area (Å²) in [6.07, 6.45) is 1.97. The number of rotatable bonds is 2. The van der Waals surface area contributed by atoms with Gasteiger partial charge in [-0.25, -0.2) is 0 Å². The maximum atomic E-state index is 9.61. The van der Waals surface area contributed by atoms with Gasteiger partial charge in [-0.05, 0) is 18.1 Å². The van der Waals surface area contributed by atoms with Gasteiger partial charge in [-0.3, -0.25) is 0 Å². The Kier molecular flexibility index (Phi) is 2.55. The van der Waals surface area contributed by atoms with Crippen LogP contribution in [0.5, 0.6) is 5.75 Å². The Morgan fingerprint density at radius 3 is 3.07 bits per heavy atom. The van der Waals surface area contributed by atoms with Crippen molar-refractivity contribution in [3.05, 3.63) is 42.5 Å². The Balaban J connectivity index is 2.17. The van der Waals surface area contributed by atoms with Crippen molar-refractivity contribution in [2.45, 2.75) is 12.5 Å². The van der Waals surface area contributed by atoms with Crippen LogP contribution in [0.1, 0.15) is 5.56 Å². The predicted molar refractivity (Wildman–Crippen MR) is 55.3 cm³/mol. The Morgan fingerprint density at radius 1 is 1.50 bits per heavy atom. The fourth-order valence-corrected chi connectivity index (χ4v) is 1.76. The number of benzene rings is 1. The molecule has 2 rings (SSSR count). The summed E-state index contributed by atoms with van der Waals surface area (Å²) in [4.78, 5) is 0. The SMILES string of the molecule is C=CC(O)C1COc2ccccc2C1. The largest absolute Gasteiger partial charge is 0.493 e. The summed E-state index contributed by atoms with van der Waals surface area (Å²) in [7, 11) is 0. The lowest BCUT2D eigenvalue weighted by Gasteiger charge is -2.27. The molecule has 0 saturated carbocycles. The molecule has 1 heterocycles. The van der Waals surface area contributed by atoms with Gasteiger partial charge < -0.3 is 9.84 Å². The average Bonchev–Trinajstić information content (AvgIpc) is 2.27. The summed E-state index contributed by atoms with van der Waals surface area (Å²) < 4.78 is 5.55. The lowest BCUT2D eigenvalue weighted by molar-refractivity contribution is 0.0980. The monoisotopic (exact) mass is 190 g/mol. The van der Waals surface area contributed by atoms with Gasteiger partial charge in [0.15, 0.2) is 0 Å². The summed E-state index contributed by atoms with van der Waals surface area (Å²) in [6.45, 7) is 4.16. The molecule has 0 aromatic heterocycles. The van der Waals surface area contributed by atoms with E-state index >= 15 is 0 Å². The Morgan fingerprint density at radius 2 is 2.29 bits per heavy atom. The fourth-order valence-electron chi connectivity index (χ4n) is 1.76. The number of fused-ring (bicyclic) bond motifs is 1. The molecule has 0 bridgehead atoms. The molecule has 0 spiro atoms. The van der Waals surface area contributed by atoms with Crippen LogP contribution < -0.4 is 4.74 Å². The van der Waals surface area contributed by atoms with Crippen molar-refractivity contribution in [2.75, 3.05) is 6.61 Å². The van der Waals surface area contributed by atoms with E-state index in [1.54, 1.807) is 6.08 Å². The van der Waals surface area contributed by atoms with Gasteiger partial charge in [0.05, 0.1) is 12.7 Å². The molecule has 1 aromatic carbocycles. The second-order valence-electron chi connectivity index (χ2n) is 3.61. The summed E-state index contributed by atoms with van der Waals surface area (Å²) in [5, 5.41) is 9.61. The number of hydrogen-bond acceptors (Lipinski definition) is 2. The zero-order chi connectivity index (χ0) is 9.97. The van der Waals surface area contributed by atoms with E-state index in [4.69, 9.17) is 4.74 Å². The molecule has 2 nitrogen and oxygen atoms in total. The quantitative estimate of drug-likeness (QED) is 0.720. The van der Waals surface area contributed by atoms with Crippen LogP contribution >= 0.6 is 0 Å². The first kappa shape index (κ1) is 9.28. The van der Waals surface area contributed by atoms with E-state index in [0.29, 0.717) is 6.61 Å². The van der Waals surface area contributed by atoms with Gasteiger partial charge in [0.25, 0.3) is 0 Å². The maximum absolute atomic E-state index is 9.61. The van der Waals surface area contributed by atoms with Gasteiger partial charge in [0.1, 0.15) is 5.75 Å².